The highest BCUT2D eigenvalue weighted by atomic mass is 35.5. The summed E-state index contributed by atoms with van der Waals surface area (Å²) in [6.07, 6.45) is 1.69. The van der Waals surface area contributed by atoms with Gasteiger partial charge in [-0.1, -0.05) is 48.9 Å². The molecule has 28 heavy (non-hydrogen) atoms. The second kappa shape index (κ2) is 8.87. The van der Waals surface area contributed by atoms with Crippen LogP contribution in [-0.4, -0.2) is 18.0 Å². The van der Waals surface area contributed by atoms with Crippen molar-refractivity contribution in [2.75, 3.05) is 13.1 Å². The Morgan fingerprint density at radius 1 is 1.07 bits per heavy atom. The molecule has 1 nitrogen and oxygen atoms in total. The van der Waals surface area contributed by atoms with E-state index in [1.165, 1.54) is 30.5 Å². The molecule has 0 amide bonds. The third-order valence-electron chi connectivity index (χ3n) is 5.99. The van der Waals surface area contributed by atoms with Crippen molar-refractivity contribution in [1.29, 1.82) is 0 Å². The Hall–Kier alpha value is -1.52. The minimum absolute atomic E-state index is 0.00332. The first-order chi connectivity index (χ1) is 13.3. The van der Waals surface area contributed by atoms with Crippen LogP contribution in [0, 0.1) is 0 Å². The number of rotatable bonds is 6. The molecule has 0 bridgehead atoms. The molecule has 0 spiro atoms. The zero-order valence-corrected chi connectivity index (χ0v) is 17.0. The van der Waals surface area contributed by atoms with Crippen molar-refractivity contribution in [2.24, 2.45) is 0 Å². The van der Waals surface area contributed by atoms with E-state index in [0.717, 1.165) is 49.0 Å². The lowest BCUT2D eigenvalue weighted by atomic mass is 9.78. The van der Waals surface area contributed by atoms with Crippen molar-refractivity contribution in [3.05, 3.63) is 70.2 Å². The van der Waals surface area contributed by atoms with Crippen LogP contribution in [0.5, 0.6) is 0 Å². The zero-order valence-electron chi connectivity index (χ0n) is 16.2. The van der Waals surface area contributed by atoms with Crippen LogP contribution in [0.25, 0.3) is 0 Å². The van der Waals surface area contributed by atoms with Gasteiger partial charge in [-0.05, 0) is 80.9 Å². The van der Waals surface area contributed by atoms with Gasteiger partial charge in [0.15, 0.2) is 0 Å². The SMILES string of the molecule is CCC1(c2ccc(Cl)cc2)CCCCN1CCCc1cccc(C(F)(F)F)c1. The summed E-state index contributed by atoms with van der Waals surface area (Å²) in [6.45, 7) is 4.13. The number of halogens is 4. The summed E-state index contributed by atoms with van der Waals surface area (Å²) < 4.78 is 38.8. The van der Waals surface area contributed by atoms with Gasteiger partial charge in [0.1, 0.15) is 0 Å². The van der Waals surface area contributed by atoms with Gasteiger partial charge in [-0.2, -0.15) is 13.2 Å². The molecule has 1 unspecified atom stereocenters. The Morgan fingerprint density at radius 3 is 2.50 bits per heavy atom. The molecule has 0 aliphatic carbocycles. The van der Waals surface area contributed by atoms with Crippen LogP contribution in [0.15, 0.2) is 48.5 Å². The van der Waals surface area contributed by atoms with Crippen molar-refractivity contribution < 1.29 is 13.2 Å². The first-order valence-electron chi connectivity index (χ1n) is 10.0. The number of aryl methyl sites for hydroxylation is 1. The lowest BCUT2D eigenvalue weighted by Crippen LogP contribution is -2.49. The minimum Gasteiger partial charge on any atom is -0.294 e. The van der Waals surface area contributed by atoms with Crippen LogP contribution in [0.1, 0.15) is 55.7 Å². The number of alkyl halides is 3. The monoisotopic (exact) mass is 409 g/mol. The summed E-state index contributed by atoms with van der Waals surface area (Å²) in [6, 6.07) is 13.8. The van der Waals surface area contributed by atoms with Crippen molar-refractivity contribution >= 4 is 11.6 Å². The van der Waals surface area contributed by atoms with Gasteiger partial charge in [-0.3, -0.25) is 4.90 Å². The Labute approximate surface area is 170 Å². The normalized spacial score (nSPS) is 21.0. The van der Waals surface area contributed by atoms with E-state index >= 15 is 0 Å². The molecule has 1 atom stereocenters. The van der Waals surface area contributed by atoms with Gasteiger partial charge in [-0.25, -0.2) is 0 Å². The second-order valence-electron chi connectivity index (χ2n) is 7.64. The van der Waals surface area contributed by atoms with E-state index in [1.807, 2.05) is 12.1 Å². The molecular weight excluding hydrogens is 383 g/mol. The van der Waals surface area contributed by atoms with Crippen LogP contribution < -0.4 is 0 Å². The molecule has 0 saturated carbocycles. The molecule has 0 N–H and O–H groups in total. The fourth-order valence-electron chi connectivity index (χ4n) is 4.49. The number of likely N-dealkylation sites (tertiary alicyclic amines) is 1. The molecular formula is C23H27ClF3N. The molecule has 1 aliphatic heterocycles. The van der Waals surface area contributed by atoms with E-state index in [0.29, 0.717) is 6.42 Å². The lowest BCUT2D eigenvalue weighted by molar-refractivity contribution is -0.137. The predicted octanol–water partition coefficient (Wildman–Crippen LogP) is 7.08. The Bertz CT molecular complexity index is 772. The molecule has 0 radical (unpaired) electrons. The maximum Gasteiger partial charge on any atom is 0.416 e. The van der Waals surface area contributed by atoms with Crippen LogP contribution >= 0.6 is 11.6 Å². The molecule has 5 heteroatoms. The predicted molar refractivity (Wildman–Crippen MR) is 109 cm³/mol. The average molecular weight is 410 g/mol. The van der Waals surface area contributed by atoms with Crippen molar-refractivity contribution in [3.8, 4) is 0 Å². The highest BCUT2D eigenvalue weighted by Crippen LogP contribution is 2.41. The number of piperidine rings is 1. The smallest absolute Gasteiger partial charge is 0.294 e. The molecule has 0 aromatic heterocycles. The van der Waals surface area contributed by atoms with Crippen molar-refractivity contribution in [1.82, 2.24) is 4.90 Å². The second-order valence-corrected chi connectivity index (χ2v) is 8.07. The molecule has 2 aromatic rings. The summed E-state index contributed by atoms with van der Waals surface area (Å²) in [5.41, 5.74) is 1.47. The third-order valence-corrected chi connectivity index (χ3v) is 6.24. The highest BCUT2D eigenvalue weighted by molar-refractivity contribution is 6.30. The van der Waals surface area contributed by atoms with Gasteiger partial charge in [0, 0.05) is 10.6 Å². The van der Waals surface area contributed by atoms with Gasteiger partial charge in [0.25, 0.3) is 0 Å². The van der Waals surface area contributed by atoms with E-state index in [1.54, 1.807) is 6.07 Å². The quantitative estimate of drug-likeness (QED) is 0.492. The van der Waals surface area contributed by atoms with Gasteiger partial charge < -0.3 is 0 Å². The molecule has 3 rings (SSSR count). The van der Waals surface area contributed by atoms with Gasteiger partial charge in [0.05, 0.1) is 5.56 Å². The first kappa shape index (κ1) is 21.2. The standard InChI is InChI=1S/C23H27ClF3N/c1-2-22(19-10-12-21(24)13-11-19)14-3-4-15-28(22)16-6-8-18-7-5-9-20(17-18)23(25,26)27/h5,7,9-13,17H,2-4,6,8,14-16H2,1H3. The molecule has 1 heterocycles. The summed E-state index contributed by atoms with van der Waals surface area (Å²) in [7, 11) is 0. The summed E-state index contributed by atoms with van der Waals surface area (Å²) in [4.78, 5) is 2.54. The summed E-state index contributed by atoms with van der Waals surface area (Å²) in [5.74, 6) is 0. The van der Waals surface area contributed by atoms with Crippen molar-refractivity contribution in [3.63, 3.8) is 0 Å². The minimum atomic E-state index is -4.28. The third kappa shape index (κ3) is 4.72. The van der Waals surface area contributed by atoms with Crippen LogP contribution in [-0.2, 0) is 18.1 Å². The number of nitrogens with zero attached hydrogens (tertiary/aromatic N) is 1. The first-order valence-corrected chi connectivity index (χ1v) is 10.4. The average Bonchev–Trinajstić information content (AvgIpc) is 2.69. The van der Waals surface area contributed by atoms with E-state index in [-0.39, 0.29) is 5.54 Å². The van der Waals surface area contributed by atoms with Gasteiger partial charge in [-0.15, -0.1) is 0 Å². The van der Waals surface area contributed by atoms with E-state index in [9.17, 15) is 13.2 Å². The molecule has 1 fully saturated rings. The molecule has 2 aromatic carbocycles. The van der Waals surface area contributed by atoms with E-state index < -0.39 is 11.7 Å². The number of hydrogen-bond donors (Lipinski definition) is 0. The Kier molecular flexibility index (Phi) is 6.72. The van der Waals surface area contributed by atoms with Gasteiger partial charge in [0.2, 0.25) is 0 Å². The van der Waals surface area contributed by atoms with Gasteiger partial charge >= 0.3 is 6.18 Å². The van der Waals surface area contributed by atoms with Crippen LogP contribution in [0.3, 0.4) is 0 Å². The van der Waals surface area contributed by atoms with Crippen molar-refractivity contribution in [2.45, 2.75) is 57.2 Å². The summed E-state index contributed by atoms with van der Waals surface area (Å²) in [5, 5.41) is 0.738. The molecule has 1 saturated heterocycles. The number of hydrogen-bond acceptors (Lipinski definition) is 1. The van der Waals surface area contributed by atoms with E-state index in [2.05, 4.69) is 24.0 Å². The maximum absolute atomic E-state index is 12.9. The fraction of sp³-hybridized carbons (Fsp3) is 0.478. The van der Waals surface area contributed by atoms with E-state index in [4.69, 9.17) is 11.6 Å². The van der Waals surface area contributed by atoms with Crippen LogP contribution in [0.2, 0.25) is 5.02 Å². The Balaban J connectivity index is 1.70. The number of benzene rings is 2. The largest absolute Gasteiger partial charge is 0.416 e. The van der Waals surface area contributed by atoms with Crippen LogP contribution in [0.4, 0.5) is 13.2 Å². The summed E-state index contributed by atoms with van der Waals surface area (Å²) >= 11 is 6.08. The zero-order chi connectivity index (χ0) is 20.2. The lowest BCUT2D eigenvalue weighted by Gasteiger charge is -2.48. The Morgan fingerprint density at radius 2 is 1.82 bits per heavy atom. The molecule has 1 aliphatic rings. The fourth-order valence-corrected chi connectivity index (χ4v) is 4.61. The topological polar surface area (TPSA) is 3.24 Å². The molecule has 152 valence electrons. The highest BCUT2D eigenvalue weighted by Gasteiger charge is 2.38. The maximum atomic E-state index is 12.9.